The van der Waals surface area contributed by atoms with Gasteiger partial charge in [-0.05, 0) is 12.0 Å². The summed E-state index contributed by atoms with van der Waals surface area (Å²) in [6, 6.07) is 9.98. The first-order valence-corrected chi connectivity index (χ1v) is 10.7. The molecule has 3 N–H and O–H groups in total. The first kappa shape index (κ1) is 22.9. The van der Waals surface area contributed by atoms with Crippen molar-refractivity contribution < 1.29 is 14.2 Å². The Hall–Kier alpha value is -2.75. The summed E-state index contributed by atoms with van der Waals surface area (Å²) >= 11 is 0. The fraction of sp³-hybridized carbons (Fsp3) is 0.500. The maximum atomic E-state index is 11.9. The van der Waals surface area contributed by atoms with Crippen LogP contribution in [-0.4, -0.2) is 45.4 Å². The Morgan fingerprint density at radius 2 is 1.94 bits per heavy atom. The van der Waals surface area contributed by atoms with Crippen molar-refractivity contribution in [2.45, 2.75) is 52.0 Å². The lowest BCUT2D eigenvalue weighted by atomic mass is 10.2. The van der Waals surface area contributed by atoms with Crippen molar-refractivity contribution in [3.63, 3.8) is 0 Å². The summed E-state index contributed by atoms with van der Waals surface area (Å²) < 4.78 is 19.3. The quantitative estimate of drug-likeness (QED) is 0.378. The largest absolute Gasteiger partial charge is 0.379 e. The van der Waals surface area contributed by atoms with Crippen molar-refractivity contribution >= 4 is 17.1 Å². The number of fused-ring (bicyclic) bond motifs is 1. The van der Waals surface area contributed by atoms with E-state index in [-0.39, 0.29) is 29.9 Å². The molecule has 2 aromatic heterocycles. The van der Waals surface area contributed by atoms with Crippen LogP contribution in [0.1, 0.15) is 38.2 Å². The van der Waals surface area contributed by atoms with E-state index in [1.807, 2.05) is 30.3 Å². The number of nitrogens with one attached hydrogen (secondary N) is 1. The molecule has 9 heteroatoms. The van der Waals surface area contributed by atoms with E-state index in [1.165, 1.54) is 19.2 Å². The zero-order valence-corrected chi connectivity index (χ0v) is 18.0. The minimum Gasteiger partial charge on any atom is -0.379 e. The number of nitrogen functional groups attached to an aromatic ring is 1. The van der Waals surface area contributed by atoms with Crippen LogP contribution in [-0.2, 0) is 27.5 Å². The molecule has 0 saturated heterocycles. The van der Waals surface area contributed by atoms with Crippen LogP contribution in [0.3, 0.4) is 0 Å². The number of aromatic nitrogens is 4. The highest BCUT2D eigenvalue weighted by Crippen LogP contribution is 2.09. The first-order valence-electron chi connectivity index (χ1n) is 10.7. The molecule has 168 valence electrons. The molecule has 9 nitrogen and oxygen atoms in total. The molecule has 0 fully saturated rings. The molecule has 3 rings (SSSR count). The Kier molecular flexibility index (Phi) is 9.01. The minimum atomic E-state index is -0.376. The Labute approximate surface area is 181 Å². The number of benzene rings is 1. The molecule has 1 atom stereocenters. The van der Waals surface area contributed by atoms with Crippen LogP contribution in [0.15, 0.2) is 41.5 Å². The number of H-pyrrole nitrogens is 1. The van der Waals surface area contributed by atoms with E-state index >= 15 is 0 Å². The third kappa shape index (κ3) is 7.16. The van der Waals surface area contributed by atoms with E-state index in [9.17, 15) is 4.79 Å². The Morgan fingerprint density at radius 1 is 1.13 bits per heavy atom. The summed E-state index contributed by atoms with van der Waals surface area (Å²) in [6.07, 6.45) is 5.84. The highest BCUT2D eigenvalue weighted by atomic mass is 16.6. The second-order valence-electron chi connectivity index (χ2n) is 7.39. The van der Waals surface area contributed by atoms with Gasteiger partial charge in [0.25, 0.3) is 5.56 Å². The van der Waals surface area contributed by atoms with Gasteiger partial charge in [0.2, 0.25) is 5.95 Å². The van der Waals surface area contributed by atoms with Crippen molar-refractivity contribution in [2.75, 3.05) is 25.6 Å². The Bertz CT molecular complexity index is 973. The smallest absolute Gasteiger partial charge is 0.280 e. The maximum absolute atomic E-state index is 11.9. The van der Waals surface area contributed by atoms with Crippen LogP contribution < -0.4 is 11.3 Å². The van der Waals surface area contributed by atoms with Crippen LogP contribution in [0.4, 0.5) is 5.95 Å². The molecule has 0 aliphatic rings. The minimum absolute atomic E-state index is 0.0393. The molecule has 31 heavy (non-hydrogen) atoms. The van der Waals surface area contributed by atoms with Crippen LogP contribution in [0, 0.1) is 0 Å². The number of nitrogens with zero attached hydrogens (tertiary/aromatic N) is 3. The van der Waals surface area contributed by atoms with E-state index in [4.69, 9.17) is 19.9 Å². The first-order chi connectivity index (χ1) is 15.2. The van der Waals surface area contributed by atoms with Crippen molar-refractivity contribution in [1.82, 2.24) is 19.5 Å². The van der Waals surface area contributed by atoms with Gasteiger partial charge < -0.3 is 19.9 Å². The lowest BCUT2D eigenvalue weighted by molar-refractivity contribution is -0.0842. The SMILES string of the molecule is CCCCCCOCC(COCc1ccccc1)OCn1cnc2c(=O)[nH]c(N)nc21. The van der Waals surface area contributed by atoms with Crippen LogP contribution >= 0.6 is 0 Å². The van der Waals surface area contributed by atoms with E-state index in [2.05, 4.69) is 21.9 Å². The predicted molar refractivity (Wildman–Crippen MR) is 118 cm³/mol. The van der Waals surface area contributed by atoms with Gasteiger partial charge in [0, 0.05) is 6.61 Å². The van der Waals surface area contributed by atoms with Gasteiger partial charge in [0.15, 0.2) is 11.2 Å². The standard InChI is InChI=1S/C22H31N5O4/c1-2-3-4-8-11-29-13-18(14-30-12-17-9-6-5-7-10-17)31-16-27-15-24-19-20(27)25-22(23)26-21(19)28/h5-7,9-10,15,18H,2-4,8,11-14,16H2,1H3,(H3,23,25,26,28). The molecular weight excluding hydrogens is 398 g/mol. The number of anilines is 1. The lowest BCUT2D eigenvalue weighted by Gasteiger charge is -2.19. The molecular formula is C22H31N5O4. The summed E-state index contributed by atoms with van der Waals surface area (Å²) in [7, 11) is 0. The van der Waals surface area contributed by atoms with Crippen LogP contribution in [0.5, 0.6) is 0 Å². The van der Waals surface area contributed by atoms with Crippen molar-refractivity contribution in [2.24, 2.45) is 0 Å². The van der Waals surface area contributed by atoms with E-state index in [0.29, 0.717) is 32.1 Å². The van der Waals surface area contributed by atoms with Gasteiger partial charge in [0.05, 0.1) is 26.1 Å². The number of ether oxygens (including phenoxy) is 3. The number of unbranched alkanes of at least 4 members (excludes halogenated alkanes) is 3. The van der Waals surface area contributed by atoms with Gasteiger partial charge >= 0.3 is 0 Å². The molecule has 0 spiro atoms. The normalized spacial score (nSPS) is 12.4. The maximum Gasteiger partial charge on any atom is 0.280 e. The number of hydrogen-bond acceptors (Lipinski definition) is 7. The van der Waals surface area contributed by atoms with E-state index in [1.54, 1.807) is 4.57 Å². The molecule has 0 aliphatic carbocycles. The highest BCUT2D eigenvalue weighted by molar-refractivity contribution is 5.70. The fourth-order valence-electron chi connectivity index (χ4n) is 3.12. The highest BCUT2D eigenvalue weighted by Gasteiger charge is 2.14. The average Bonchev–Trinajstić information content (AvgIpc) is 3.17. The summed E-state index contributed by atoms with van der Waals surface area (Å²) in [6.45, 7) is 4.34. The van der Waals surface area contributed by atoms with Gasteiger partial charge in [-0.15, -0.1) is 0 Å². The summed E-state index contributed by atoms with van der Waals surface area (Å²) in [4.78, 5) is 22.6. The number of imidazole rings is 1. The second-order valence-corrected chi connectivity index (χ2v) is 7.39. The number of aromatic amines is 1. The van der Waals surface area contributed by atoms with Gasteiger partial charge in [-0.2, -0.15) is 4.98 Å². The number of rotatable bonds is 14. The summed E-state index contributed by atoms with van der Waals surface area (Å²) in [5.41, 5.74) is 6.98. The fourth-order valence-corrected chi connectivity index (χ4v) is 3.12. The van der Waals surface area contributed by atoms with Crippen LogP contribution in [0.2, 0.25) is 0 Å². The van der Waals surface area contributed by atoms with Crippen molar-refractivity contribution in [3.8, 4) is 0 Å². The Balaban J connectivity index is 1.55. The summed E-state index contributed by atoms with van der Waals surface area (Å²) in [5.74, 6) is 0.0393. The second kappa shape index (κ2) is 12.2. The average molecular weight is 430 g/mol. The van der Waals surface area contributed by atoms with Crippen molar-refractivity contribution in [3.05, 3.63) is 52.6 Å². The molecule has 3 aromatic rings. The molecule has 0 saturated carbocycles. The third-order valence-electron chi connectivity index (χ3n) is 4.80. The molecule has 1 unspecified atom stereocenters. The summed E-state index contributed by atoms with van der Waals surface area (Å²) in [5, 5.41) is 0. The topological polar surface area (TPSA) is 117 Å². The van der Waals surface area contributed by atoms with Gasteiger partial charge in [0.1, 0.15) is 12.8 Å². The molecule has 1 aromatic carbocycles. The van der Waals surface area contributed by atoms with Crippen molar-refractivity contribution in [1.29, 1.82) is 0 Å². The van der Waals surface area contributed by atoms with E-state index in [0.717, 1.165) is 18.4 Å². The zero-order valence-electron chi connectivity index (χ0n) is 18.0. The molecule has 0 amide bonds. The predicted octanol–water partition coefficient (Wildman–Crippen LogP) is 2.86. The lowest BCUT2D eigenvalue weighted by Crippen LogP contribution is -2.27. The zero-order chi connectivity index (χ0) is 21.9. The molecule has 0 bridgehead atoms. The van der Waals surface area contributed by atoms with Gasteiger partial charge in [-0.25, -0.2) is 4.98 Å². The number of hydrogen-bond donors (Lipinski definition) is 2. The molecule has 2 heterocycles. The molecule has 0 radical (unpaired) electrons. The third-order valence-corrected chi connectivity index (χ3v) is 4.80. The molecule has 0 aliphatic heterocycles. The van der Waals surface area contributed by atoms with Crippen LogP contribution in [0.25, 0.3) is 11.2 Å². The van der Waals surface area contributed by atoms with Gasteiger partial charge in [-0.3, -0.25) is 14.3 Å². The monoisotopic (exact) mass is 429 g/mol. The van der Waals surface area contributed by atoms with Gasteiger partial charge in [-0.1, -0.05) is 56.5 Å². The van der Waals surface area contributed by atoms with E-state index < -0.39 is 0 Å². The Morgan fingerprint density at radius 3 is 2.74 bits per heavy atom. The number of nitrogens with two attached hydrogens (primary N) is 1.